The zero-order valence-corrected chi connectivity index (χ0v) is 15.1. The van der Waals surface area contributed by atoms with Crippen LogP contribution in [0.5, 0.6) is 0 Å². The summed E-state index contributed by atoms with van der Waals surface area (Å²) in [5.74, 6) is 0.0451. The predicted octanol–water partition coefficient (Wildman–Crippen LogP) is 4.53. The molecular weight excluding hydrogens is 367 g/mol. The molecule has 7 heteroatoms. The molecule has 24 heavy (non-hydrogen) atoms. The smallest absolute Gasteiger partial charge is 0.242 e. The molecule has 2 aliphatic heterocycles. The number of halogens is 2. The maximum Gasteiger partial charge on any atom is 0.242 e. The predicted molar refractivity (Wildman–Crippen MR) is 100 cm³/mol. The van der Waals surface area contributed by atoms with E-state index in [2.05, 4.69) is 10.6 Å². The summed E-state index contributed by atoms with van der Waals surface area (Å²) in [5.41, 5.74) is 3.53. The lowest BCUT2D eigenvalue weighted by atomic mass is 10.1. The Balaban J connectivity index is 0.000000143. The number of amides is 2. The van der Waals surface area contributed by atoms with Crippen LogP contribution in [0.15, 0.2) is 36.4 Å². The number of thioether (sulfide) groups is 1. The Morgan fingerprint density at radius 2 is 1.67 bits per heavy atom. The number of anilines is 2. The van der Waals surface area contributed by atoms with Crippen molar-refractivity contribution in [3.8, 4) is 0 Å². The van der Waals surface area contributed by atoms with Crippen LogP contribution in [0.25, 0.3) is 0 Å². The van der Waals surface area contributed by atoms with E-state index in [1.807, 2.05) is 30.5 Å². The van der Waals surface area contributed by atoms with E-state index in [-0.39, 0.29) is 17.1 Å². The molecule has 0 aromatic heterocycles. The van der Waals surface area contributed by atoms with Gasteiger partial charge in [0.1, 0.15) is 5.25 Å². The second-order valence-electron chi connectivity index (χ2n) is 5.31. The number of fused-ring (bicyclic) bond motifs is 2. The lowest BCUT2D eigenvalue weighted by Gasteiger charge is -2.03. The zero-order chi connectivity index (χ0) is 17.3. The Hall–Kier alpha value is -1.69. The maximum atomic E-state index is 11.4. The number of nitrogens with one attached hydrogen (secondary N) is 2. The summed E-state index contributed by atoms with van der Waals surface area (Å²) < 4.78 is 0. The van der Waals surface area contributed by atoms with Crippen molar-refractivity contribution >= 4 is 58.2 Å². The molecule has 124 valence electrons. The number of hydrogen-bond acceptors (Lipinski definition) is 3. The van der Waals surface area contributed by atoms with E-state index in [9.17, 15) is 9.59 Å². The van der Waals surface area contributed by atoms with Gasteiger partial charge in [0, 0.05) is 0 Å². The van der Waals surface area contributed by atoms with Crippen LogP contribution < -0.4 is 10.6 Å². The molecule has 2 N–H and O–H groups in total. The first-order valence-electron chi connectivity index (χ1n) is 7.20. The molecule has 1 atom stereocenters. The van der Waals surface area contributed by atoms with Crippen LogP contribution in [0, 0.1) is 0 Å². The quantitative estimate of drug-likeness (QED) is 0.763. The first-order chi connectivity index (χ1) is 11.5. The zero-order valence-electron chi connectivity index (χ0n) is 12.7. The van der Waals surface area contributed by atoms with E-state index in [0.717, 1.165) is 22.5 Å². The van der Waals surface area contributed by atoms with Crippen molar-refractivity contribution in [1.29, 1.82) is 0 Å². The van der Waals surface area contributed by atoms with Gasteiger partial charge in [-0.25, -0.2) is 0 Å². The van der Waals surface area contributed by atoms with Crippen molar-refractivity contribution < 1.29 is 9.59 Å². The molecule has 1 unspecified atom stereocenters. The first kappa shape index (κ1) is 17.1. The Labute approximate surface area is 153 Å². The molecule has 2 aromatic rings. The summed E-state index contributed by atoms with van der Waals surface area (Å²) in [6.07, 6.45) is 2.37. The molecule has 4 rings (SSSR count). The Kier molecular flexibility index (Phi) is 5.04. The van der Waals surface area contributed by atoms with Crippen molar-refractivity contribution in [3.63, 3.8) is 0 Å². The van der Waals surface area contributed by atoms with Gasteiger partial charge in [0.2, 0.25) is 11.8 Å². The van der Waals surface area contributed by atoms with Crippen LogP contribution in [-0.2, 0) is 16.0 Å². The van der Waals surface area contributed by atoms with E-state index in [1.54, 1.807) is 12.1 Å². The van der Waals surface area contributed by atoms with Gasteiger partial charge in [-0.3, -0.25) is 9.59 Å². The van der Waals surface area contributed by atoms with E-state index < -0.39 is 0 Å². The average Bonchev–Trinajstić information content (AvgIpc) is 3.08. The van der Waals surface area contributed by atoms with Crippen molar-refractivity contribution in [2.75, 3.05) is 16.9 Å². The van der Waals surface area contributed by atoms with Crippen LogP contribution in [0.3, 0.4) is 0 Å². The highest BCUT2D eigenvalue weighted by atomic mass is 35.5. The first-order valence-corrected chi connectivity index (χ1v) is 9.25. The largest absolute Gasteiger partial charge is 0.324 e. The van der Waals surface area contributed by atoms with Crippen LogP contribution in [-0.4, -0.2) is 18.1 Å². The van der Waals surface area contributed by atoms with E-state index in [0.29, 0.717) is 16.5 Å². The highest BCUT2D eigenvalue weighted by Gasteiger charge is 2.30. The van der Waals surface area contributed by atoms with Crippen molar-refractivity contribution in [3.05, 3.63) is 57.6 Å². The Morgan fingerprint density at radius 3 is 2.33 bits per heavy atom. The fraction of sp³-hybridized carbons (Fsp3) is 0.176. The van der Waals surface area contributed by atoms with Crippen LogP contribution >= 0.6 is 35.0 Å². The average molecular weight is 381 g/mol. The molecule has 0 saturated heterocycles. The van der Waals surface area contributed by atoms with Gasteiger partial charge in [0.25, 0.3) is 0 Å². The number of rotatable bonds is 1. The third-order valence-corrected chi connectivity index (χ3v) is 5.34. The Morgan fingerprint density at radius 1 is 1.00 bits per heavy atom. The topological polar surface area (TPSA) is 58.2 Å². The highest BCUT2D eigenvalue weighted by Crippen LogP contribution is 2.42. The molecule has 2 amide bonds. The van der Waals surface area contributed by atoms with Gasteiger partial charge in [0.15, 0.2) is 0 Å². The van der Waals surface area contributed by atoms with Crippen molar-refractivity contribution in [2.45, 2.75) is 11.7 Å². The van der Waals surface area contributed by atoms with Gasteiger partial charge in [-0.05, 0) is 29.5 Å². The summed E-state index contributed by atoms with van der Waals surface area (Å²) in [6.45, 7) is 0. The molecule has 2 aromatic carbocycles. The lowest BCUT2D eigenvalue weighted by Crippen LogP contribution is -2.08. The maximum absolute atomic E-state index is 11.4. The van der Waals surface area contributed by atoms with Gasteiger partial charge in [-0.1, -0.05) is 47.5 Å². The third-order valence-electron chi connectivity index (χ3n) is 3.77. The number of carbonyl (C=O) groups excluding carboxylic acids is 2. The SMILES string of the molecule is CSC1C(=O)Nc2c(Cl)cccc21.O=C1Cc2cccc(Cl)c2N1. The van der Waals surface area contributed by atoms with Crippen molar-refractivity contribution in [2.24, 2.45) is 0 Å². The van der Waals surface area contributed by atoms with Crippen LogP contribution in [0.4, 0.5) is 11.4 Å². The lowest BCUT2D eigenvalue weighted by molar-refractivity contribution is -0.116. The minimum absolute atomic E-state index is 0.0214. The molecule has 0 saturated carbocycles. The van der Waals surface area contributed by atoms with Crippen LogP contribution in [0.2, 0.25) is 10.0 Å². The van der Waals surface area contributed by atoms with Gasteiger partial charge >= 0.3 is 0 Å². The number of hydrogen-bond donors (Lipinski definition) is 2. The molecule has 2 heterocycles. The van der Waals surface area contributed by atoms with Gasteiger partial charge in [-0.2, -0.15) is 0 Å². The van der Waals surface area contributed by atoms with E-state index in [4.69, 9.17) is 23.2 Å². The summed E-state index contributed by atoms with van der Waals surface area (Å²) >= 11 is 13.3. The molecule has 0 bridgehead atoms. The van der Waals surface area contributed by atoms with Gasteiger partial charge < -0.3 is 10.6 Å². The van der Waals surface area contributed by atoms with Gasteiger partial charge in [-0.15, -0.1) is 11.8 Å². The third kappa shape index (κ3) is 3.24. The second kappa shape index (κ2) is 7.05. The summed E-state index contributed by atoms with van der Waals surface area (Å²) in [4.78, 5) is 22.3. The summed E-state index contributed by atoms with van der Waals surface area (Å²) in [6, 6.07) is 11.1. The standard InChI is InChI=1S/C9H8ClNOS.C8H6ClNO/c1-13-8-5-3-2-4-6(10)7(5)11-9(8)12;9-6-3-1-2-5-4-7(11)10-8(5)6/h2-4,8H,1H3,(H,11,12);1-3H,4H2,(H,10,11). The number of para-hydroxylation sites is 2. The summed E-state index contributed by atoms with van der Waals surface area (Å²) in [5, 5.41) is 6.60. The van der Waals surface area contributed by atoms with E-state index >= 15 is 0 Å². The minimum atomic E-state index is -0.103. The summed E-state index contributed by atoms with van der Waals surface area (Å²) in [7, 11) is 0. The molecule has 4 nitrogen and oxygen atoms in total. The normalized spacial score (nSPS) is 17.4. The molecule has 0 spiro atoms. The van der Waals surface area contributed by atoms with Gasteiger partial charge in [0.05, 0.1) is 27.8 Å². The van der Waals surface area contributed by atoms with Crippen molar-refractivity contribution in [1.82, 2.24) is 0 Å². The second-order valence-corrected chi connectivity index (χ2v) is 7.07. The number of benzene rings is 2. The molecule has 0 aliphatic carbocycles. The molecule has 0 fully saturated rings. The number of carbonyl (C=O) groups is 2. The minimum Gasteiger partial charge on any atom is -0.324 e. The van der Waals surface area contributed by atoms with Crippen LogP contribution in [0.1, 0.15) is 16.4 Å². The molecule has 0 radical (unpaired) electrons. The van der Waals surface area contributed by atoms with E-state index in [1.165, 1.54) is 11.8 Å². The molecular formula is C17H14Cl2N2O2S. The Bertz CT molecular complexity index is 826. The monoisotopic (exact) mass is 380 g/mol. The fourth-order valence-corrected chi connectivity index (χ4v) is 3.86. The molecule has 2 aliphatic rings. The highest BCUT2D eigenvalue weighted by molar-refractivity contribution is 7.99. The fourth-order valence-electron chi connectivity index (χ4n) is 2.67.